The van der Waals surface area contributed by atoms with Crippen LogP contribution in [0.25, 0.3) is 0 Å². The third-order valence-electron chi connectivity index (χ3n) is 5.57. The summed E-state index contributed by atoms with van der Waals surface area (Å²) in [6.07, 6.45) is 0.0548. The van der Waals surface area contributed by atoms with Crippen LogP contribution in [0.4, 0.5) is 0 Å². The number of hydrogen-bond donors (Lipinski definition) is 2. The number of rotatable bonds is 6. The molecule has 3 amide bonds. The maximum atomic E-state index is 13.4. The number of carbonyl (C=O) groups excluding carboxylic acids is 3. The smallest absolute Gasteiger partial charge is 0.251 e. The molecule has 3 aromatic carbocycles. The van der Waals surface area contributed by atoms with Crippen molar-refractivity contribution in [3.05, 3.63) is 108 Å². The van der Waals surface area contributed by atoms with Crippen LogP contribution < -0.4 is 10.6 Å². The predicted molar refractivity (Wildman–Crippen MR) is 122 cm³/mol. The standard InChI is InChI=1S/C26H25N3O3/c30-23(29-17-16-27-26(32)24(29)20-12-6-2-7-13-20)18-22(19-10-4-1-5-11-19)28-25(31)21-14-8-3-9-15-21/h1-15,22,24H,16-18H2,(H,27,32)(H,28,31). The zero-order valence-electron chi connectivity index (χ0n) is 17.6. The molecule has 0 bridgehead atoms. The van der Waals surface area contributed by atoms with Crippen molar-refractivity contribution in [1.82, 2.24) is 15.5 Å². The highest BCUT2D eigenvalue weighted by Gasteiger charge is 2.35. The lowest BCUT2D eigenvalue weighted by molar-refractivity contribution is -0.144. The quantitative estimate of drug-likeness (QED) is 0.634. The van der Waals surface area contributed by atoms with Crippen LogP contribution in [0.2, 0.25) is 0 Å². The maximum Gasteiger partial charge on any atom is 0.251 e. The van der Waals surface area contributed by atoms with E-state index in [0.29, 0.717) is 18.7 Å². The zero-order valence-corrected chi connectivity index (χ0v) is 17.6. The van der Waals surface area contributed by atoms with Gasteiger partial charge in [-0.05, 0) is 23.3 Å². The predicted octanol–water partition coefficient (Wildman–Crippen LogP) is 3.25. The van der Waals surface area contributed by atoms with Gasteiger partial charge in [0, 0.05) is 18.7 Å². The second-order valence-electron chi connectivity index (χ2n) is 7.70. The number of carbonyl (C=O) groups is 3. The number of hydrogen-bond acceptors (Lipinski definition) is 3. The summed E-state index contributed by atoms with van der Waals surface area (Å²) in [6, 6.07) is 26.4. The number of benzene rings is 3. The fraction of sp³-hybridized carbons (Fsp3) is 0.192. The van der Waals surface area contributed by atoms with Gasteiger partial charge in [0.1, 0.15) is 6.04 Å². The first kappa shape index (κ1) is 21.3. The fourth-order valence-electron chi connectivity index (χ4n) is 3.96. The van der Waals surface area contributed by atoms with Gasteiger partial charge in [0.25, 0.3) is 5.91 Å². The average molecular weight is 428 g/mol. The Bertz CT molecular complexity index is 1070. The van der Waals surface area contributed by atoms with Gasteiger partial charge < -0.3 is 15.5 Å². The molecule has 1 fully saturated rings. The first-order valence-corrected chi connectivity index (χ1v) is 10.7. The van der Waals surface area contributed by atoms with E-state index in [1.165, 1.54) is 0 Å². The van der Waals surface area contributed by atoms with E-state index < -0.39 is 12.1 Å². The van der Waals surface area contributed by atoms with Gasteiger partial charge in [-0.1, -0.05) is 78.9 Å². The van der Waals surface area contributed by atoms with Gasteiger partial charge in [-0.15, -0.1) is 0 Å². The first-order valence-electron chi connectivity index (χ1n) is 10.7. The normalized spacial score (nSPS) is 16.7. The van der Waals surface area contributed by atoms with Crippen molar-refractivity contribution < 1.29 is 14.4 Å². The molecule has 3 aromatic rings. The SMILES string of the molecule is O=C(NC(CC(=O)N1CCNC(=O)C1c1ccccc1)c1ccccc1)c1ccccc1. The van der Waals surface area contributed by atoms with Crippen LogP contribution in [0.1, 0.15) is 40.0 Å². The monoisotopic (exact) mass is 427 g/mol. The highest BCUT2D eigenvalue weighted by Crippen LogP contribution is 2.26. The average Bonchev–Trinajstić information content (AvgIpc) is 2.85. The van der Waals surface area contributed by atoms with E-state index >= 15 is 0 Å². The Hall–Kier alpha value is -3.93. The molecule has 162 valence electrons. The van der Waals surface area contributed by atoms with Crippen molar-refractivity contribution in [2.45, 2.75) is 18.5 Å². The summed E-state index contributed by atoms with van der Waals surface area (Å²) in [7, 11) is 0. The molecule has 2 atom stereocenters. The minimum atomic E-state index is -0.682. The Labute approximate surface area is 187 Å². The minimum Gasteiger partial charge on any atom is -0.352 e. The molecule has 0 aromatic heterocycles. The Kier molecular flexibility index (Phi) is 6.60. The second-order valence-corrected chi connectivity index (χ2v) is 7.70. The van der Waals surface area contributed by atoms with Crippen molar-refractivity contribution in [1.29, 1.82) is 0 Å². The van der Waals surface area contributed by atoms with E-state index in [1.807, 2.05) is 66.7 Å². The third-order valence-corrected chi connectivity index (χ3v) is 5.57. The summed E-state index contributed by atoms with van der Waals surface area (Å²) in [5, 5.41) is 5.85. The van der Waals surface area contributed by atoms with Crippen molar-refractivity contribution in [3.8, 4) is 0 Å². The van der Waals surface area contributed by atoms with Crippen LogP contribution in [0.15, 0.2) is 91.0 Å². The highest BCUT2D eigenvalue weighted by atomic mass is 16.2. The van der Waals surface area contributed by atoms with E-state index in [1.54, 1.807) is 29.2 Å². The molecule has 0 saturated carbocycles. The summed E-state index contributed by atoms with van der Waals surface area (Å²) >= 11 is 0. The summed E-state index contributed by atoms with van der Waals surface area (Å²) in [5.41, 5.74) is 2.13. The van der Waals surface area contributed by atoms with Crippen LogP contribution in [0.5, 0.6) is 0 Å². The van der Waals surface area contributed by atoms with Crippen molar-refractivity contribution in [3.63, 3.8) is 0 Å². The zero-order chi connectivity index (χ0) is 22.3. The van der Waals surface area contributed by atoms with Crippen LogP contribution in [0, 0.1) is 0 Å². The van der Waals surface area contributed by atoms with Gasteiger partial charge >= 0.3 is 0 Å². The van der Waals surface area contributed by atoms with Crippen LogP contribution in [0.3, 0.4) is 0 Å². The molecule has 1 saturated heterocycles. The van der Waals surface area contributed by atoms with E-state index in [9.17, 15) is 14.4 Å². The molecule has 1 heterocycles. The molecule has 0 aliphatic carbocycles. The second kappa shape index (κ2) is 9.92. The molecule has 1 aliphatic heterocycles. The number of nitrogens with zero attached hydrogens (tertiary/aromatic N) is 1. The Morgan fingerprint density at radius 2 is 1.50 bits per heavy atom. The van der Waals surface area contributed by atoms with Crippen LogP contribution >= 0.6 is 0 Å². The first-order chi connectivity index (χ1) is 15.6. The molecular weight excluding hydrogens is 402 g/mol. The van der Waals surface area contributed by atoms with Gasteiger partial charge in [0.05, 0.1) is 12.5 Å². The molecule has 2 unspecified atom stereocenters. The molecule has 0 radical (unpaired) electrons. The fourth-order valence-corrected chi connectivity index (χ4v) is 3.96. The summed E-state index contributed by atoms with van der Waals surface area (Å²) in [4.78, 5) is 40.5. The van der Waals surface area contributed by atoms with Gasteiger partial charge in [-0.2, -0.15) is 0 Å². The molecule has 2 N–H and O–H groups in total. The van der Waals surface area contributed by atoms with Crippen molar-refractivity contribution in [2.24, 2.45) is 0 Å². The van der Waals surface area contributed by atoms with Crippen molar-refractivity contribution >= 4 is 17.7 Å². The lowest BCUT2D eigenvalue weighted by Gasteiger charge is -2.36. The van der Waals surface area contributed by atoms with Gasteiger partial charge in [0.2, 0.25) is 11.8 Å². The summed E-state index contributed by atoms with van der Waals surface area (Å²) < 4.78 is 0. The maximum absolute atomic E-state index is 13.4. The van der Waals surface area contributed by atoms with Crippen molar-refractivity contribution in [2.75, 3.05) is 13.1 Å². The number of amides is 3. The van der Waals surface area contributed by atoms with Crippen LogP contribution in [-0.2, 0) is 9.59 Å². The largest absolute Gasteiger partial charge is 0.352 e. The number of piperazine rings is 1. The Morgan fingerprint density at radius 3 is 2.16 bits per heavy atom. The van der Waals surface area contributed by atoms with Gasteiger partial charge in [-0.25, -0.2) is 0 Å². The lowest BCUT2D eigenvalue weighted by atomic mass is 9.99. The number of nitrogens with one attached hydrogen (secondary N) is 2. The topological polar surface area (TPSA) is 78.5 Å². The summed E-state index contributed by atoms with van der Waals surface area (Å²) in [5.74, 6) is -0.625. The molecule has 6 heteroatoms. The third kappa shape index (κ3) is 4.86. The molecule has 4 rings (SSSR count). The lowest BCUT2D eigenvalue weighted by Crippen LogP contribution is -2.52. The van der Waals surface area contributed by atoms with Crippen LogP contribution in [-0.4, -0.2) is 35.7 Å². The van der Waals surface area contributed by atoms with E-state index in [0.717, 1.165) is 11.1 Å². The van der Waals surface area contributed by atoms with E-state index in [-0.39, 0.29) is 24.1 Å². The molecular formula is C26H25N3O3. The molecule has 32 heavy (non-hydrogen) atoms. The molecule has 6 nitrogen and oxygen atoms in total. The van der Waals surface area contributed by atoms with Gasteiger partial charge in [0.15, 0.2) is 0 Å². The Balaban J connectivity index is 1.57. The highest BCUT2D eigenvalue weighted by molar-refractivity contribution is 5.95. The van der Waals surface area contributed by atoms with E-state index in [4.69, 9.17) is 0 Å². The summed E-state index contributed by atoms with van der Waals surface area (Å²) in [6.45, 7) is 0.818. The minimum absolute atomic E-state index is 0.0548. The Morgan fingerprint density at radius 1 is 0.906 bits per heavy atom. The van der Waals surface area contributed by atoms with E-state index in [2.05, 4.69) is 10.6 Å². The molecule has 1 aliphatic rings. The molecule has 0 spiro atoms. The van der Waals surface area contributed by atoms with Gasteiger partial charge in [-0.3, -0.25) is 14.4 Å².